The summed E-state index contributed by atoms with van der Waals surface area (Å²) in [5, 5.41) is 3.93. The van der Waals surface area contributed by atoms with Crippen molar-refractivity contribution in [3.05, 3.63) is 102 Å². The van der Waals surface area contributed by atoms with Gasteiger partial charge in [0.05, 0.1) is 5.71 Å². The van der Waals surface area contributed by atoms with Crippen LogP contribution in [-0.4, -0.2) is 19.9 Å². The molecular weight excluding hydrogens is 386 g/mol. The van der Waals surface area contributed by atoms with E-state index in [1.807, 2.05) is 48.5 Å². The van der Waals surface area contributed by atoms with Crippen molar-refractivity contribution in [2.75, 3.05) is 0 Å². The van der Waals surface area contributed by atoms with Crippen molar-refractivity contribution in [3.63, 3.8) is 0 Å². The Labute approximate surface area is 170 Å². The van der Waals surface area contributed by atoms with Crippen LogP contribution in [0.2, 0.25) is 0 Å². The van der Waals surface area contributed by atoms with Crippen LogP contribution in [0.3, 0.4) is 0 Å². The Morgan fingerprint density at radius 1 is 0.724 bits per heavy atom. The fraction of sp³-hybridized carbons (Fsp3) is 0.130. The van der Waals surface area contributed by atoms with Crippen LogP contribution < -0.4 is 0 Å². The van der Waals surface area contributed by atoms with Crippen molar-refractivity contribution in [1.82, 2.24) is 0 Å². The summed E-state index contributed by atoms with van der Waals surface area (Å²) < 4.78 is 29.7. The van der Waals surface area contributed by atoms with Gasteiger partial charge in [-0.3, -0.25) is 9.08 Å². The Morgan fingerprint density at radius 3 is 1.83 bits per heavy atom. The molecule has 0 aromatic heterocycles. The zero-order valence-corrected chi connectivity index (χ0v) is 16.6. The van der Waals surface area contributed by atoms with Gasteiger partial charge in [0.2, 0.25) is 0 Å². The van der Waals surface area contributed by atoms with Gasteiger partial charge in [-0.25, -0.2) is 0 Å². The second-order valence-electron chi connectivity index (χ2n) is 6.39. The third kappa shape index (κ3) is 5.86. The Morgan fingerprint density at radius 2 is 1.24 bits per heavy atom. The molecule has 0 fully saturated rings. The summed E-state index contributed by atoms with van der Waals surface area (Å²) >= 11 is 0. The van der Waals surface area contributed by atoms with E-state index in [0.29, 0.717) is 30.5 Å². The number of carbonyl (C=O) groups is 1. The van der Waals surface area contributed by atoms with Gasteiger partial charge in [0, 0.05) is 12.0 Å². The van der Waals surface area contributed by atoms with E-state index in [9.17, 15) is 13.2 Å². The molecule has 0 spiro atoms. The molecule has 6 heteroatoms. The Bertz CT molecular complexity index is 1060. The summed E-state index contributed by atoms with van der Waals surface area (Å²) in [4.78, 5) is 12.3. The lowest BCUT2D eigenvalue weighted by Crippen LogP contribution is -2.08. The maximum atomic E-state index is 12.4. The smallest absolute Gasteiger partial charge is 0.294 e. The van der Waals surface area contributed by atoms with E-state index in [0.717, 1.165) is 5.56 Å². The lowest BCUT2D eigenvalue weighted by atomic mass is 10.0. The van der Waals surface area contributed by atoms with E-state index >= 15 is 0 Å². The van der Waals surface area contributed by atoms with Crippen LogP contribution in [0.1, 0.15) is 35.2 Å². The average Bonchev–Trinajstić information content (AvgIpc) is 2.77. The monoisotopic (exact) mass is 407 g/mol. The summed E-state index contributed by atoms with van der Waals surface area (Å²) in [7, 11) is -4.00. The quantitative estimate of drug-likeness (QED) is 0.289. The molecule has 0 radical (unpaired) electrons. The molecule has 0 aliphatic carbocycles. The first-order valence-corrected chi connectivity index (χ1v) is 10.7. The van der Waals surface area contributed by atoms with E-state index < -0.39 is 10.1 Å². The third-order valence-electron chi connectivity index (χ3n) is 4.30. The number of nitrogens with zero attached hydrogens (tertiary/aromatic N) is 1. The molecular formula is C23H21NO4S. The molecule has 29 heavy (non-hydrogen) atoms. The molecule has 0 saturated carbocycles. The number of ketones is 1. The first kappa shape index (κ1) is 20.5. The Balaban J connectivity index is 1.72. The van der Waals surface area contributed by atoms with E-state index in [1.165, 1.54) is 12.1 Å². The first-order chi connectivity index (χ1) is 14.1. The van der Waals surface area contributed by atoms with E-state index in [-0.39, 0.29) is 10.7 Å². The van der Waals surface area contributed by atoms with E-state index in [2.05, 4.69) is 5.16 Å². The van der Waals surface area contributed by atoms with Crippen molar-refractivity contribution in [3.8, 4) is 0 Å². The maximum absolute atomic E-state index is 12.4. The first-order valence-electron chi connectivity index (χ1n) is 9.25. The van der Waals surface area contributed by atoms with E-state index in [4.69, 9.17) is 4.28 Å². The summed E-state index contributed by atoms with van der Waals surface area (Å²) in [6.07, 6.45) is 1.27. The molecule has 0 unspecified atom stereocenters. The number of Topliss-reactive ketones (excluding diaryl/α,β-unsaturated/α-hetero) is 1. The predicted molar refractivity (Wildman–Crippen MR) is 112 cm³/mol. The standard InChI is InChI=1S/C23H21NO4S/c25-23(20-13-6-2-7-14-20)18-10-17-22(19-11-4-1-5-12-19)24-28-29(26,27)21-15-8-3-9-16-21/h1-9,11-16H,10,17-18H2/b24-22+. The normalized spacial score (nSPS) is 11.8. The van der Waals surface area contributed by atoms with Crippen LogP contribution in [0.5, 0.6) is 0 Å². The van der Waals surface area contributed by atoms with Gasteiger partial charge in [-0.05, 0) is 30.5 Å². The summed E-state index contributed by atoms with van der Waals surface area (Å²) in [6.45, 7) is 0. The second-order valence-corrected chi connectivity index (χ2v) is 7.92. The molecule has 0 saturated heterocycles. The molecule has 0 aliphatic rings. The highest BCUT2D eigenvalue weighted by Crippen LogP contribution is 2.15. The molecule has 0 aliphatic heterocycles. The number of rotatable bonds is 9. The summed E-state index contributed by atoms with van der Waals surface area (Å²) in [5.74, 6) is 0.0378. The van der Waals surface area contributed by atoms with Gasteiger partial charge in [-0.1, -0.05) is 84.0 Å². The van der Waals surface area contributed by atoms with E-state index in [1.54, 1.807) is 30.3 Å². The molecule has 0 heterocycles. The van der Waals surface area contributed by atoms with Gasteiger partial charge < -0.3 is 0 Å². The number of benzene rings is 3. The zero-order chi connectivity index (χ0) is 20.5. The van der Waals surface area contributed by atoms with Crippen LogP contribution >= 0.6 is 0 Å². The van der Waals surface area contributed by atoms with Gasteiger partial charge >= 0.3 is 10.1 Å². The van der Waals surface area contributed by atoms with Crippen molar-refractivity contribution in [1.29, 1.82) is 0 Å². The van der Waals surface area contributed by atoms with Crippen LogP contribution in [-0.2, 0) is 14.4 Å². The SMILES string of the molecule is O=C(CCC/C(=N\OS(=O)(=O)c1ccccc1)c1ccccc1)c1ccccc1. The van der Waals surface area contributed by atoms with Crippen molar-refractivity contribution >= 4 is 21.6 Å². The Kier molecular flexibility index (Phi) is 6.92. The van der Waals surface area contributed by atoms with Crippen LogP contribution in [0.25, 0.3) is 0 Å². The fourth-order valence-corrected chi connectivity index (χ4v) is 3.55. The van der Waals surface area contributed by atoms with Crippen LogP contribution in [0.4, 0.5) is 0 Å². The third-order valence-corrected chi connectivity index (χ3v) is 5.42. The van der Waals surface area contributed by atoms with Crippen molar-refractivity contribution < 1.29 is 17.5 Å². The highest BCUT2D eigenvalue weighted by molar-refractivity contribution is 7.86. The van der Waals surface area contributed by atoms with Gasteiger partial charge in [0.1, 0.15) is 4.90 Å². The zero-order valence-electron chi connectivity index (χ0n) is 15.8. The van der Waals surface area contributed by atoms with Crippen LogP contribution in [0, 0.1) is 0 Å². The minimum atomic E-state index is -4.00. The summed E-state index contributed by atoms with van der Waals surface area (Å²) in [6, 6.07) is 26.1. The molecule has 3 aromatic carbocycles. The number of oxime groups is 1. The number of hydrogen-bond donors (Lipinski definition) is 0. The van der Waals surface area contributed by atoms with Crippen LogP contribution in [0.15, 0.2) is 101 Å². The summed E-state index contributed by atoms with van der Waals surface area (Å²) in [5.41, 5.74) is 1.89. The molecule has 3 rings (SSSR count). The Hall–Kier alpha value is -3.25. The highest BCUT2D eigenvalue weighted by atomic mass is 32.2. The molecule has 0 N–H and O–H groups in total. The number of hydrogen-bond acceptors (Lipinski definition) is 5. The minimum Gasteiger partial charge on any atom is -0.294 e. The molecule has 0 amide bonds. The van der Waals surface area contributed by atoms with Crippen molar-refractivity contribution in [2.24, 2.45) is 5.16 Å². The predicted octanol–water partition coefficient (Wildman–Crippen LogP) is 4.85. The van der Waals surface area contributed by atoms with Gasteiger partial charge in [0.15, 0.2) is 5.78 Å². The highest BCUT2D eigenvalue weighted by Gasteiger charge is 2.16. The van der Waals surface area contributed by atoms with Gasteiger partial charge in [-0.2, -0.15) is 8.42 Å². The molecule has 3 aromatic rings. The lowest BCUT2D eigenvalue weighted by molar-refractivity contribution is 0.0980. The fourth-order valence-electron chi connectivity index (χ4n) is 2.78. The second kappa shape index (κ2) is 9.80. The molecule has 5 nitrogen and oxygen atoms in total. The maximum Gasteiger partial charge on any atom is 0.358 e. The topological polar surface area (TPSA) is 72.8 Å². The van der Waals surface area contributed by atoms with Crippen molar-refractivity contribution in [2.45, 2.75) is 24.2 Å². The molecule has 0 bridgehead atoms. The minimum absolute atomic E-state index is 0.0374. The molecule has 0 atom stereocenters. The van der Waals surface area contributed by atoms with Gasteiger partial charge in [-0.15, -0.1) is 0 Å². The average molecular weight is 407 g/mol. The number of carbonyl (C=O) groups excluding carboxylic acids is 1. The van der Waals surface area contributed by atoms with Gasteiger partial charge in [0.25, 0.3) is 0 Å². The lowest BCUT2D eigenvalue weighted by Gasteiger charge is -2.07. The largest absolute Gasteiger partial charge is 0.358 e. The molecule has 148 valence electrons.